The summed E-state index contributed by atoms with van der Waals surface area (Å²) in [4.78, 5) is 0. The van der Waals surface area contributed by atoms with Crippen molar-refractivity contribution in [2.75, 3.05) is 6.54 Å². The second-order valence-electron chi connectivity index (χ2n) is 4.53. The largest absolute Gasteiger partial charge is 0.488 e. The van der Waals surface area contributed by atoms with Crippen molar-refractivity contribution in [3.05, 3.63) is 29.8 Å². The van der Waals surface area contributed by atoms with E-state index >= 15 is 0 Å². The molecule has 1 saturated carbocycles. The first-order valence-electron chi connectivity index (χ1n) is 5.82. The summed E-state index contributed by atoms with van der Waals surface area (Å²) >= 11 is 0. The number of hydrogen-bond acceptors (Lipinski definition) is 3. The number of ether oxygens (including phenoxy) is 1. The molecule has 2 rings (SSSR count). The van der Waals surface area contributed by atoms with Gasteiger partial charge in [0, 0.05) is 5.92 Å². The van der Waals surface area contributed by atoms with Crippen LogP contribution in [0.15, 0.2) is 24.3 Å². The van der Waals surface area contributed by atoms with Crippen molar-refractivity contribution in [1.29, 1.82) is 0 Å². The molecule has 3 nitrogen and oxygen atoms in total. The highest BCUT2D eigenvalue weighted by molar-refractivity contribution is 5.26. The summed E-state index contributed by atoms with van der Waals surface area (Å²) in [6.45, 7) is 2.58. The third-order valence-electron chi connectivity index (χ3n) is 3.30. The summed E-state index contributed by atoms with van der Waals surface area (Å²) in [5.41, 5.74) is 6.79. The molecule has 0 spiro atoms. The molecule has 1 aliphatic rings. The highest BCUT2D eigenvalue weighted by Crippen LogP contribution is 2.29. The van der Waals surface area contributed by atoms with E-state index in [1.807, 2.05) is 31.2 Å². The summed E-state index contributed by atoms with van der Waals surface area (Å²) in [5, 5.41) is 9.96. The molecular weight excluding hydrogens is 202 g/mol. The molecule has 0 aliphatic heterocycles. The zero-order valence-electron chi connectivity index (χ0n) is 9.60. The number of hydrogen-bond donors (Lipinski definition) is 2. The molecule has 1 aromatic rings. The van der Waals surface area contributed by atoms with Gasteiger partial charge in [-0.15, -0.1) is 0 Å². The molecule has 0 radical (unpaired) electrons. The normalized spacial score (nSPS) is 29.3. The van der Waals surface area contributed by atoms with Crippen molar-refractivity contribution in [2.45, 2.75) is 32.0 Å². The van der Waals surface area contributed by atoms with Crippen LogP contribution in [0.5, 0.6) is 5.75 Å². The predicted octanol–water partition coefficient (Wildman–Crippen LogP) is 1.47. The van der Waals surface area contributed by atoms with E-state index in [2.05, 4.69) is 0 Å². The molecule has 1 aromatic carbocycles. The second-order valence-corrected chi connectivity index (χ2v) is 4.53. The van der Waals surface area contributed by atoms with Gasteiger partial charge in [-0.3, -0.25) is 0 Å². The first-order chi connectivity index (χ1) is 7.70. The summed E-state index contributed by atoms with van der Waals surface area (Å²) in [7, 11) is 0. The molecule has 3 atom stereocenters. The summed E-state index contributed by atoms with van der Waals surface area (Å²) in [6, 6.07) is 7.91. The van der Waals surface area contributed by atoms with Crippen LogP contribution in [-0.2, 0) is 0 Å². The maximum absolute atomic E-state index is 9.96. The van der Waals surface area contributed by atoms with E-state index in [-0.39, 0.29) is 12.0 Å². The van der Waals surface area contributed by atoms with Crippen LogP contribution in [0, 0.1) is 12.8 Å². The SMILES string of the molecule is Cc1ccc(O[C@@H]2CC[C@H](CN)[C@H]2O)cc1. The fraction of sp³-hybridized carbons (Fsp3) is 0.538. The molecule has 0 heterocycles. The maximum Gasteiger partial charge on any atom is 0.125 e. The Balaban J connectivity index is 1.98. The fourth-order valence-corrected chi connectivity index (χ4v) is 2.20. The first-order valence-corrected chi connectivity index (χ1v) is 5.82. The molecule has 16 heavy (non-hydrogen) atoms. The Morgan fingerprint density at radius 3 is 2.56 bits per heavy atom. The van der Waals surface area contributed by atoms with E-state index < -0.39 is 6.10 Å². The van der Waals surface area contributed by atoms with Gasteiger partial charge >= 0.3 is 0 Å². The lowest BCUT2D eigenvalue weighted by Gasteiger charge is -2.20. The van der Waals surface area contributed by atoms with Crippen molar-refractivity contribution < 1.29 is 9.84 Å². The van der Waals surface area contributed by atoms with Crippen molar-refractivity contribution in [1.82, 2.24) is 0 Å². The summed E-state index contributed by atoms with van der Waals surface area (Å²) in [5.74, 6) is 1.02. The van der Waals surface area contributed by atoms with Gasteiger partial charge in [0.15, 0.2) is 0 Å². The first kappa shape index (κ1) is 11.4. The lowest BCUT2D eigenvalue weighted by atomic mass is 10.1. The van der Waals surface area contributed by atoms with Gasteiger partial charge in [-0.1, -0.05) is 17.7 Å². The molecule has 3 N–H and O–H groups in total. The summed E-state index contributed by atoms with van der Waals surface area (Å²) < 4.78 is 5.77. The van der Waals surface area contributed by atoms with E-state index in [0.29, 0.717) is 6.54 Å². The Morgan fingerprint density at radius 2 is 2.00 bits per heavy atom. The van der Waals surface area contributed by atoms with E-state index in [0.717, 1.165) is 18.6 Å². The highest BCUT2D eigenvalue weighted by Gasteiger charge is 2.35. The molecule has 0 amide bonds. The number of aryl methyl sites for hydroxylation is 1. The molecule has 0 bridgehead atoms. The molecule has 0 saturated heterocycles. The minimum absolute atomic E-state index is 0.101. The van der Waals surface area contributed by atoms with E-state index in [9.17, 15) is 5.11 Å². The fourth-order valence-electron chi connectivity index (χ4n) is 2.20. The zero-order chi connectivity index (χ0) is 11.5. The average molecular weight is 221 g/mol. The van der Waals surface area contributed by atoms with Crippen LogP contribution in [0.2, 0.25) is 0 Å². The molecule has 3 heteroatoms. The minimum atomic E-state index is -0.425. The number of rotatable bonds is 3. The third-order valence-corrected chi connectivity index (χ3v) is 3.30. The van der Waals surface area contributed by atoms with Crippen molar-refractivity contribution >= 4 is 0 Å². The van der Waals surface area contributed by atoms with Gasteiger partial charge in [-0.25, -0.2) is 0 Å². The number of aliphatic hydroxyl groups excluding tert-OH is 1. The van der Waals surface area contributed by atoms with Crippen molar-refractivity contribution in [3.8, 4) is 5.75 Å². The maximum atomic E-state index is 9.96. The zero-order valence-corrected chi connectivity index (χ0v) is 9.60. The Bertz CT molecular complexity index is 336. The standard InChI is InChI=1S/C13H19NO2/c1-9-2-5-11(6-3-9)16-12-7-4-10(8-14)13(12)15/h2-3,5-6,10,12-13,15H,4,7-8,14H2,1H3/t10-,12-,13-/m1/s1. The Morgan fingerprint density at radius 1 is 1.31 bits per heavy atom. The topological polar surface area (TPSA) is 55.5 Å². The van der Waals surface area contributed by atoms with E-state index in [4.69, 9.17) is 10.5 Å². The minimum Gasteiger partial charge on any atom is -0.488 e. The Kier molecular flexibility index (Phi) is 3.46. The predicted molar refractivity (Wildman–Crippen MR) is 63.4 cm³/mol. The van der Waals surface area contributed by atoms with Gasteiger partial charge in [0.25, 0.3) is 0 Å². The van der Waals surface area contributed by atoms with Crippen molar-refractivity contribution in [3.63, 3.8) is 0 Å². The molecule has 1 fully saturated rings. The molecular formula is C13H19NO2. The van der Waals surface area contributed by atoms with Crippen LogP contribution in [0.25, 0.3) is 0 Å². The number of nitrogens with two attached hydrogens (primary N) is 1. The van der Waals surface area contributed by atoms with Gasteiger partial charge in [0.05, 0.1) is 6.10 Å². The van der Waals surface area contributed by atoms with E-state index in [1.165, 1.54) is 5.56 Å². The molecule has 0 unspecified atom stereocenters. The number of benzene rings is 1. The lowest BCUT2D eigenvalue weighted by molar-refractivity contribution is 0.0370. The van der Waals surface area contributed by atoms with Gasteiger partial charge < -0.3 is 15.6 Å². The Labute approximate surface area is 96.2 Å². The third kappa shape index (κ3) is 2.36. The van der Waals surface area contributed by atoms with Gasteiger partial charge in [-0.05, 0) is 38.4 Å². The van der Waals surface area contributed by atoms with Crippen LogP contribution in [0.4, 0.5) is 0 Å². The van der Waals surface area contributed by atoms with Gasteiger partial charge in [-0.2, -0.15) is 0 Å². The van der Waals surface area contributed by atoms with Crippen LogP contribution in [0.3, 0.4) is 0 Å². The molecule has 1 aliphatic carbocycles. The van der Waals surface area contributed by atoms with Gasteiger partial charge in [0.1, 0.15) is 11.9 Å². The molecule has 0 aromatic heterocycles. The molecule has 88 valence electrons. The highest BCUT2D eigenvalue weighted by atomic mass is 16.5. The van der Waals surface area contributed by atoms with Crippen molar-refractivity contribution in [2.24, 2.45) is 11.7 Å². The van der Waals surface area contributed by atoms with Crippen LogP contribution < -0.4 is 10.5 Å². The van der Waals surface area contributed by atoms with Crippen LogP contribution >= 0.6 is 0 Å². The second kappa shape index (κ2) is 4.85. The monoisotopic (exact) mass is 221 g/mol. The van der Waals surface area contributed by atoms with Crippen LogP contribution in [-0.4, -0.2) is 23.9 Å². The average Bonchev–Trinajstić information content (AvgIpc) is 2.63. The summed E-state index contributed by atoms with van der Waals surface area (Å²) in [6.07, 6.45) is 1.31. The van der Waals surface area contributed by atoms with Gasteiger partial charge in [0.2, 0.25) is 0 Å². The smallest absolute Gasteiger partial charge is 0.125 e. The quantitative estimate of drug-likeness (QED) is 0.812. The Hall–Kier alpha value is -1.06. The number of aliphatic hydroxyl groups is 1. The van der Waals surface area contributed by atoms with E-state index in [1.54, 1.807) is 0 Å². The lowest BCUT2D eigenvalue weighted by Crippen LogP contribution is -2.33. The van der Waals surface area contributed by atoms with Crippen LogP contribution in [0.1, 0.15) is 18.4 Å².